The Morgan fingerprint density at radius 3 is 2.47 bits per heavy atom. The molecule has 0 saturated heterocycles. The average Bonchev–Trinajstić information content (AvgIpc) is 2.47. The van der Waals surface area contributed by atoms with Crippen LogP contribution < -0.4 is 9.47 Å². The van der Waals surface area contributed by atoms with Gasteiger partial charge in [-0.15, -0.1) is 0 Å². The molecule has 0 aliphatic heterocycles. The summed E-state index contributed by atoms with van der Waals surface area (Å²) in [6.45, 7) is 9.91. The van der Waals surface area contributed by atoms with Crippen LogP contribution in [0.2, 0.25) is 0 Å². The van der Waals surface area contributed by atoms with E-state index >= 15 is 0 Å². The molecule has 0 heterocycles. The van der Waals surface area contributed by atoms with Crippen molar-refractivity contribution in [1.82, 2.24) is 0 Å². The van der Waals surface area contributed by atoms with E-state index in [0.29, 0.717) is 0 Å². The lowest BCUT2D eigenvalue weighted by atomic mass is 9.98. The summed E-state index contributed by atoms with van der Waals surface area (Å²) in [6, 6.07) is 5.64. The maximum atomic E-state index is 5.37. The second-order valence-electron chi connectivity index (χ2n) is 3.90. The Kier molecular flexibility index (Phi) is 5.68. The number of hydrogen-bond acceptors (Lipinski definition) is 2. The van der Waals surface area contributed by atoms with E-state index in [9.17, 15) is 0 Å². The quantitative estimate of drug-likeness (QED) is 0.702. The summed E-state index contributed by atoms with van der Waals surface area (Å²) in [5.41, 5.74) is 2.70. The van der Waals surface area contributed by atoms with Crippen LogP contribution in [0.5, 0.6) is 11.5 Å². The van der Waals surface area contributed by atoms with Crippen molar-refractivity contribution in [2.45, 2.75) is 6.92 Å². The van der Waals surface area contributed by atoms with Gasteiger partial charge in [0.2, 0.25) is 0 Å². The van der Waals surface area contributed by atoms with Gasteiger partial charge in [0.05, 0.1) is 14.2 Å². The molecular weight excluding hydrogens is 236 g/mol. The molecule has 0 aliphatic rings. The number of rotatable bonds is 6. The molecular formula is C17H20O2. The molecule has 0 spiro atoms. The monoisotopic (exact) mass is 256 g/mol. The fourth-order valence-electron chi connectivity index (χ4n) is 1.70. The zero-order chi connectivity index (χ0) is 14.3. The van der Waals surface area contributed by atoms with Gasteiger partial charge < -0.3 is 9.47 Å². The Hall–Kier alpha value is -2.22. The van der Waals surface area contributed by atoms with E-state index in [4.69, 9.17) is 9.47 Å². The van der Waals surface area contributed by atoms with E-state index in [1.54, 1.807) is 20.3 Å². The zero-order valence-corrected chi connectivity index (χ0v) is 11.8. The molecule has 2 nitrogen and oxygen atoms in total. The molecule has 0 saturated carbocycles. The predicted octanol–water partition coefficient (Wildman–Crippen LogP) is 4.41. The molecule has 0 amide bonds. The Balaban J connectivity index is 3.26. The SMILES string of the molecule is C=C/C(=C\C=CC)C(=C)c1cc(OC)ccc1OC. The third kappa shape index (κ3) is 3.62. The maximum Gasteiger partial charge on any atom is 0.126 e. The predicted molar refractivity (Wildman–Crippen MR) is 81.7 cm³/mol. The molecule has 1 aromatic rings. The van der Waals surface area contributed by atoms with E-state index in [2.05, 4.69) is 13.2 Å². The maximum absolute atomic E-state index is 5.37. The minimum atomic E-state index is 0.763. The summed E-state index contributed by atoms with van der Waals surface area (Å²) in [4.78, 5) is 0. The van der Waals surface area contributed by atoms with Crippen molar-refractivity contribution in [1.29, 1.82) is 0 Å². The molecule has 0 radical (unpaired) electrons. The molecule has 1 rings (SSSR count). The van der Waals surface area contributed by atoms with Crippen LogP contribution in [0, 0.1) is 0 Å². The lowest BCUT2D eigenvalue weighted by Gasteiger charge is -2.13. The second kappa shape index (κ2) is 7.27. The standard InChI is InChI=1S/C17H20O2/c1-6-8-9-14(7-2)13(3)16-12-15(18-4)10-11-17(16)19-5/h6-12H,2-3H2,1,4-5H3/b8-6?,14-9+. The normalized spacial score (nSPS) is 11.4. The van der Waals surface area contributed by atoms with Gasteiger partial charge in [-0.25, -0.2) is 0 Å². The van der Waals surface area contributed by atoms with Crippen molar-refractivity contribution in [3.05, 3.63) is 66.8 Å². The van der Waals surface area contributed by atoms with Crippen LogP contribution in [0.15, 0.2) is 61.2 Å². The first-order valence-corrected chi connectivity index (χ1v) is 6.05. The molecule has 0 aromatic heterocycles. The molecule has 0 unspecified atom stereocenters. The Labute approximate surface area is 115 Å². The first-order valence-electron chi connectivity index (χ1n) is 6.05. The summed E-state index contributed by atoms with van der Waals surface area (Å²) in [7, 11) is 3.28. The first kappa shape index (κ1) is 14.8. The molecule has 1 aromatic carbocycles. The van der Waals surface area contributed by atoms with E-state index < -0.39 is 0 Å². The van der Waals surface area contributed by atoms with Crippen LogP contribution in [-0.2, 0) is 0 Å². The van der Waals surface area contributed by atoms with E-state index in [0.717, 1.165) is 28.2 Å². The summed E-state index contributed by atoms with van der Waals surface area (Å²) in [6.07, 6.45) is 7.66. The highest BCUT2D eigenvalue weighted by molar-refractivity contribution is 5.83. The molecule has 0 atom stereocenters. The van der Waals surface area contributed by atoms with Gasteiger partial charge >= 0.3 is 0 Å². The topological polar surface area (TPSA) is 18.5 Å². The Morgan fingerprint density at radius 2 is 1.95 bits per heavy atom. The van der Waals surface area contributed by atoms with Crippen LogP contribution in [0.4, 0.5) is 0 Å². The van der Waals surface area contributed by atoms with Gasteiger partial charge in [-0.1, -0.05) is 37.5 Å². The summed E-state index contributed by atoms with van der Waals surface area (Å²) in [5, 5.41) is 0. The van der Waals surface area contributed by atoms with Crippen LogP contribution in [0.25, 0.3) is 5.57 Å². The fourth-order valence-corrected chi connectivity index (χ4v) is 1.70. The van der Waals surface area contributed by atoms with E-state index in [1.807, 2.05) is 43.4 Å². The van der Waals surface area contributed by atoms with Crippen LogP contribution >= 0.6 is 0 Å². The lowest BCUT2D eigenvalue weighted by Crippen LogP contribution is -1.94. The van der Waals surface area contributed by atoms with Gasteiger partial charge in [-0.3, -0.25) is 0 Å². The number of ether oxygens (including phenoxy) is 2. The fraction of sp³-hybridized carbons (Fsp3) is 0.176. The van der Waals surface area contributed by atoms with Gasteiger partial charge in [0.25, 0.3) is 0 Å². The number of methoxy groups -OCH3 is 2. The van der Waals surface area contributed by atoms with Crippen molar-refractivity contribution < 1.29 is 9.47 Å². The van der Waals surface area contributed by atoms with Gasteiger partial charge in [0.1, 0.15) is 11.5 Å². The van der Waals surface area contributed by atoms with Gasteiger partial charge in [-0.2, -0.15) is 0 Å². The largest absolute Gasteiger partial charge is 0.497 e. The third-order valence-electron chi connectivity index (χ3n) is 2.77. The van der Waals surface area contributed by atoms with Gasteiger partial charge in [0.15, 0.2) is 0 Å². The third-order valence-corrected chi connectivity index (χ3v) is 2.77. The molecule has 0 bridgehead atoms. The Morgan fingerprint density at radius 1 is 1.21 bits per heavy atom. The number of allylic oxidation sites excluding steroid dienone is 6. The smallest absolute Gasteiger partial charge is 0.126 e. The molecule has 0 aliphatic carbocycles. The minimum absolute atomic E-state index is 0.763. The van der Waals surface area contributed by atoms with Gasteiger partial charge in [-0.05, 0) is 36.3 Å². The number of benzene rings is 1. The van der Waals surface area contributed by atoms with Crippen LogP contribution in [-0.4, -0.2) is 14.2 Å². The highest BCUT2D eigenvalue weighted by Gasteiger charge is 2.10. The number of hydrogen-bond donors (Lipinski definition) is 0. The highest BCUT2D eigenvalue weighted by atomic mass is 16.5. The molecule has 0 fully saturated rings. The van der Waals surface area contributed by atoms with Gasteiger partial charge in [0, 0.05) is 5.56 Å². The van der Waals surface area contributed by atoms with Crippen LogP contribution in [0.1, 0.15) is 12.5 Å². The van der Waals surface area contributed by atoms with Crippen molar-refractivity contribution in [2.75, 3.05) is 14.2 Å². The van der Waals surface area contributed by atoms with Crippen molar-refractivity contribution in [2.24, 2.45) is 0 Å². The van der Waals surface area contributed by atoms with Crippen LogP contribution in [0.3, 0.4) is 0 Å². The summed E-state index contributed by atoms with van der Waals surface area (Å²) < 4.78 is 10.6. The Bertz CT molecular complexity index is 522. The summed E-state index contributed by atoms with van der Waals surface area (Å²) >= 11 is 0. The molecule has 2 heteroatoms. The highest BCUT2D eigenvalue weighted by Crippen LogP contribution is 2.33. The second-order valence-corrected chi connectivity index (χ2v) is 3.90. The zero-order valence-electron chi connectivity index (χ0n) is 11.8. The van der Waals surface area contributed by atoms with E-state index in [1.165, 1.54) is 0 Å². The molecule has 19 heavy (non-hydrogen) atoms. The van der Waals surface area contributed by atoms with Crippen molar-refractivity contribution in [3.63, 3.8) is 0 Å². The van der Waals surface area contributed by atoms with Crippen molar-refractivity contribution in [3.8, 4) is 11.5 Å². The average molecular weight is 256 g/mol. The molecule has 0 N–H and O–H groups in total. The lowest BCUT2D eigenvalue weighted by molar-refractivity contribution is 0.402. The van der Waals surface area contributed by atoms with E-state index in [-0.39, 0.29) is 0 Å². The minimum Gasteiger partial charge on any atom is -0.497 e. The first-order chi connectivity index (χ1) is 9.17. The molecule has 100 valence electrons. The summed E-state index contributed by atoms with van der Waals surface area (Å²) in [5.74, 6) is 1.53. The van der Waals surface area contributed by atoms with Crippen molar-refractivity contribution >= 4 is 5.57 Å².